The van der Waals surface area contributed by atoms with Gasteiger partial charge in [-0.05, 0) is 45.4 Å². The van der Waals surface area contributed by atoms with Crippen LogP contribution in [-0.2, 0) is 9.53 Å². The zero-order valence-corrected chi connectivity index (χ0v) is 22.2. The zero-order chi connectivity index (χ0) is 25.1. The fraction of sp³-hybridized carbons (Fsp3) is 0.800. The highest BCUT2D eigenvalue weighted by Gasteiger charge is 2.48. The van der Waals surface area contributed by atoms with Crippen LogP contribution in [0.1, 0.15) is 65.2 Å². The van der Waals surface area contributed by atoms with Crippen LogP contribution in [-0.4, -0.2) is 81.3 Å². The molecule has 0 aromatic carbocycles. The number of unbranched alkanes of at least 4 members (excludes halogenated alkanes) is 5. The Kier molecular flexibility index (Phi) is 13.5. The van der Waals surface area contributed by atoms with Crippen LogP contribution in [0.4, 0.5) is 0 Å². The number of rotatable bonds is 12. The molecule has 34 heavy (non-hydrogen) atoms. The molecule has 196 valence electrons. The van der Waals surface area contributed by atoms with Crippen LogP contribution in [0.5, 0.6) is 0 Å². The predicted octanol–water partition coefficient (Wildman–Crippen LogP) is 2.86. The first-order valence-corrected chi connectivity index (χ1v) is 14.3. The Labute approximate surface area is 213 Å². The lowest BCUT2D eigenvalue weighted by molar-refractivity contribution is -0.205. The number of carbonyl (C=O) groups is 1. The third-order valence-electron chi connectivity index (χ3n) is 6.54. The van der Waals surface area contributed by atoms with Gasteiger partial charge in [-0.3, -0.25) is 4.79 Å². The summed E-state index contributed by atoms with van der Waals surface area (Å²) in [4.78, 5) is 13.1. The van der Waals surface area contributed by atoms with Gasteiger partial charge in [0.25, 0.3) is 0 Å². The van der Waals surface area contributed by atoms with Crippen molar-refractivity contribution in [2.75, 3.05) is 12.8 Å². The van der Waals surface area contributed by atoms with Crippen LogP contribution in [0, 0.1) is 0 Å². The maximum Gasteiger partial charge on any atom is 0.237 e. The van der Waals surface area contributed by atoms with Gasteiger partial charge in [-0.25, -0.2) is 0 Å². The molecule has 5 N–H and O–H groups in total. The molecule has 9 heteroatoms. The summed E-state index contributed by atoms with van der Waals surface area (Å²) in [7, 11) is 0. The molecule has 1 amide bonds. The topological polar surface area (TPSA) is 111 Å². The Morgan fingerprint density at radius 2 is 2.00 bits per heavy atom. The zero-order valence-electron chi connectivity index (χ0n) is 20.7. The van der Waals surface area contributed by atoms with Crippen LogP contribution >= 0.6 is 23.4 Å². The first kappa shape index (κ1) is 29.6. The van der Waals surface area contributed by atoms with Crippen molar-refractivity contribution in [2.45, 2.75) is 113 Å². The van der Waals surface area contributed by atoms with E-state index >= 15 is 0 Å². The number of nitrogens with one attached hydrogen (secondary N) is 2. The Morgan fingerprint density at radius 3 is 2.68 bits per heavy atom. The normalized spacial score (nSPS) is 32.1. The summed E-state index contributed by atoms with van der Waals surface area (Å²) < 4.78 is 5.83. The van der Waals surface area contributed by atoms with Crippen molar-refractivity contribution in [3.8, 4) is 0 Å². The minimum absolute atomic E-state index is 0.230. The van der Waals surface area contributed by atoms with Gasteiger partial charge in [-0.1, -0.05) is 56.4 Å². The Bertz CT molecular complexity index is 676. The van der Waals surface area contributed by atoms with E-state index in [1.54, 1.807) is 13.2 Å². The molecule has 3 unspecified atom stereocenters. The van der Waals surface area contributed by atoms with Crippen molar-refractivity contribution in [3.63, 3.8) is 0 Å². The van der Waals surface area contributed by atoms with Gasteiger partial charge in [-0.15, -0.1) is 23.4 Å². The Balaban J connectivity index is 1.93. The van der Waals surface area contributed by atoms with Gasteiger partial charge in [0.1, 0.15) is 29.9 Å². The van der Waals surface area contributed by atoms with Crippen molar-refractivity contribution in [3.05, 3.63) is 23.8 Å². The van der Waals surface area contributed by atoms with E-state index in [1.807, 2.05) is 0 Å². The second kappa shape index (κ2) is 15.5. The lowest BCUT2D eigenvalue weighted by Gasteiger charge is -2.44. The van der Waals surface area contributed by atoms with Gasteiger partial charge >= 0.3 is 0 Å². The van der Waals surface area contributed by atoms with E-state index in [2.05, 4.69) is 35.8 Å². The van der Waals surface area contributed by atoms with Crippen LogP contribution in [0.15, 0.2) is 23.8 Å². The van der Waals surface area contributed by atoms with Crippen molar-refractivity contribution < 1.29 is 24.9 Å². The Hall–Kier alpha value is -0.610. The number of allylic oxidation sites excluding steroid dienone is 2. The molecule has 2 aliphatic rings. The van der Waals surface area contributed by atoms with E-state index in [0.29, 0.717) is 13.0 Å². The van der Waals surface area contributed by atoms with Crippen LogP contribution in [0.25, 0.3) is 0 Å². The van der Waals surface area contributed by atoms with Gasteiger partial charge in [-0.2, -0.15) is 0 Å². The first-order valence-electron chi connectivity index (χ1n) is 12.6. The minimum atomic E-state index is -1.38. The molecule has 1 fully saturated rings. The Morgan fingerprint density at radius 1 is 1.26 bits per heavy atom. The number of thioether (sulfide) groups is 1. The number of hydrogen-bond donors (Lipinski definition) is 5. The largest absolute Gasteiger partial charge is 0.388 e. The number of amides is 1. The number of aliphatic hydroxyl groups is 3. The summed E-state index contributed by atoms with van der Waals surface area (Å²) in [5.74, 6) is -0.230. The van der Waals surface area contributed by atoms with Crippen molar-refractivity contribution in [1.29, 1.82) is 0 Å². The van der Waals surface area contributed by atoms with Crippen LogP contribution in [0.2, 0.25) is 0 Å². The third-order valence-corrected chi connectivity index (χ3v) is 7.67. The summed E-state index contributed by atoms with van der Waals surface area (Å²) in [6.07, 6.45) is 12.2. The second-order valence-corrected chi connectivity index (χ2v) is 10.9. The fourth-order valence-electron chi connectivity index (χ4n) is 4.39. The molecule has 2 heterocycles. The molecule has 0 aromatic heterocycles. The van der Waals surface area contributed by atoms with Crippen molar-refractivity contribution in [1.82, 2.24) is 10.6 Å². The van der Waals surface area contributed by atoms with Crippen molar-refractivity contribution in [2.24, 2.45) is 0 Å². The molecule has 0 aromatic rings. The minimum Gasteiger partial charge on any atom is -0.388 e. The van der Waals surface area contributed by atoms with E-state index in [1.165, 1.54) is 49.4 Å². The summed E-state index contributed by atoms with van der Waals surface area (Å²) in [6.45, 7) is 4.62. The number of halogens is 1. The molecule has 0 bridgehead atoms. The SMILES string of the molecule is CCCCCCC/C=C/C1=CC[C@@H](C(=O)N[C@H]([C@H](C)Cl)[C@H]2OC(SC)[C@H](O)C(O)C2O)NCC1. The van der Waals surface area contributed by atoms with Gasteiger partial charge < -0.3 is 30.7 Å². The quantitative estimate of drug-likeness (QED) is 0.199. The number of carbonyl (C=O) groups excluding carboxylic acids is 1. The summed E-state index contributed by atoms with van der Waals surface area (Å²) in [6, 6.07) is -1.16. The summed E-state index contributed by atoms with van der Waals surface area (Å²) in [5.41, 5.74) is 0.503. The molecule has 2 rings (SSSR count). The number of ether oxygens (including phenoxy) is 1. The van der Waals surface area contributed by atoms with Gasteiger partial charge in [0.15, 0.2) is 0 Å². The molecule has 1 saturated heterocycles. The maximum atomic E-state index is 13.1. The van der Waals surface area contributed by atoms with Gasteiger partial charge in [0.2, 0.25) is 5.91 Å². The highest BCUT2D eigenvalue weighted by Crippen LogP contribution is 2.30. The molecule has 8 atom stereocenters. The molecule has 0 radical (unpaired) electrons. The van der Waals surface area contributed by atoms with E-state index < -0.39 is 47.3 Å². The highest BCUT2D eigenvalue weighted by atomic mass is 35.5. The predicted molar refractivity (Wildman–Crippen MR) is 139 cm³/mol. The highest BCUT2D eigenvalue weighted by molar-refractivity contribution is 7.99. The fourth-order valence-corrected chi connectivity index (χ4v) is 5.27. The lowest BCUT2D eigenvalue weighted by atomic mass is 9.93. The van der Waals surface area contributed by atoms with Gasteiger partial charge in [0, 0.05) is 0 Å². The van der Waals surface area contributed by atoms with E-state index in [0.717, 1.165) is 12.8 Å². The summed E-state index contributed by atoms with van der Waals surface area (Å²) >= 11 is 7.60. The van der Waals surface area contributed by atoms with Crippen LogP contribution in [0.3, 0.4) is 0 Å². The maximum absolute atomic E-state index is 13.1. The summed E-state index contributed by atoms with van der Waals surface area (Å²) in [5, 5.41) is 36.5. The van der Waals surface area contributed by atoms with Crippen LogP contribution < -0.4 is 10.6 Å². The molecular formula is C25H43ClN2O5S. The lowest BCUT2D eigenvalue weighted by Crippen LogP contribution is -2.65. The molecule has 7 nitrogen and oxygen atoms in total. The molecule has 2 aliphatic heterocycles. The number of alkyl halides is 1. The molecule has 0 saturated carbocycles. The van der Waals surface area contributed by atoms with E-state index in [4.69, 9.17) is 16.3 Å². The molecule has 0 spiro atoms. The average Bonchev–Trinajstić information content (AvgIpc) is 3.06. The van der Waals surface area contributed by atoms with Gasteiger partial charge in [0.05, 0.1) is 17.5 Å². The smallest absolute Gasteiger partial charge is 0.237 e. The first-order chi connectivity index (χ1) is 16.3. The average molecular weight is 519 g/mol. The molecular weight excluding hydrogens is 476 g/mol. The van der Waals surface area contributed by atoms with E-state index in [9.17, 15) is 20.1 Å². The standard InChI is InChI=1S/C25H43ClN2O5S/c1-4-5-6-7-8-9-10-11-17-12-13-18(27-15-14-17)24(32)28-19(16(2)26)23-21(30)20(29)22(31)25(33-23)34-3/h10-12,16,18-23,25,27,29-31H,4-9,13-15H2,1-3H3,(H,28,32)/b11-10+/t16-,18-,19+,20?,21?,22+,23+,25?/m0/s1. The van der Waals surface area contributed by atoms with E-state index in [-0.39, 0.29) is 5.91 Å². The third kappa shape index (κ3) is 8.80. The second-order valence-electron chi connectivity index (χ2n) is 9.27. The molecule has 0 aliphatic carbocycles. The van der Waals surface area contributed by atoms with Crippen molar-refractivity contribution >= 4 is 29.3 Å². The number of hydrogen-bond acceptors (Lipinski definition) is 7. The monoisotopic (exact) mass is 518 g/mol. The number of aliphatic hydroxyl groups excluding tert-OH is 3.